The van der Waals surface area contributed by atoms with Crippen molar-refractivity contribution in [2.45, 2.75) is 38.1 Å². The Labute approximate surface area is 255 Å². The van der Waals surface area contributed by atoms with E-state index in [-0.39, 0.29) is 29.4 Å². The second-order valence-electron chi connectivity index (χ2n) is 11.4. The Bertz CT molecular complexity index is 1960. The molecule has 222 valence electrons. The van der Waals surface area contributed by atoms with Crippen LogP contribution in [-0.2, 0) is 6.42 Å². The average molecular weight is 617 g/mol. The smallest absolute Gasteiger partial charge is 0.270 e. The first kappa shape index (κ1) is 27.9. The number of hydrogen-bond donors (Lipinski definition) is 1. The van der Waals surface area contributed by atoms with Gasteiger partial charge in [0.05, 0.1) is 11.3 Å². The molecule has 0 unspecified atom stereocenters. The third-order valence-corrected chi connectivity index (χ3v) is 10.2. The number of hydrogen-bond acceptors (Lipinski definition) is 9. The number of carbonyl (C=O) groups is 1. The van der Waals surface area contributed by atoms with E-state index in [1.807, 2.05) is 29.3 Å². The lowest BCUT2D eigenvalue weighted by Crippen LogP contribution is -2.32. The van der Waals surface area contributed by atoms with Crippen LogP contribution in [0.15, 0.2) is 49.8 Å². The Morgan fingerprint density at radius 3 is 2.67 bits per heavy atom. The number of H-pyrrole nitrogens is 1. The Morgan fingerprint density at radius 2 is 1.93 bits per heavy atom. The molecule has 0 bridgehead atoms. The van der Waals surface area contributed by atoms with Gasteiger partial charge in [-0.3, -0.25) is 14.4 Å². The van der Waals surface area contributed by atoms with Gasteiger partial charge in [-0.1, -0.05) is 18.9 Å². The Kier molecular flexibility index (Phi) is 7.34. The van der Waals surface area contributed by atoms with Gasteiger partial charge >= 0.3 is 0 Å². The molecule has 1 aliphatic heterocycles. The molecule has 0 aromatic carbocycles. The molecular weight excluding hydrogens is 585 g/mol. The molecule has 6 heterocycles. The molecule has 1 saturated heterocycles. The third kappa shape index (κ3) is 5.16. The molecule has 7 rings (SSSR count). The van der Waals surface area contributed by atoms with Gasteiger partial charge in [-0.2, -0.15) is 11.8 Å². The first-order valence-corrected chi connectivity index (χ1v) is 16.6. The first-order valence-electron chi connectivity index (χ1n) is 14.6. The standard InChI is InChI=1S/C31H32N6O4S2/c1-35(2)31(40)23-13-19-16-32-25(34-29(19)37(23)20-5-3-4-6-20)14-18-7-8-22(33-30(18)39)21-17-43-28-24(38)15-26(41-27(21)28)36-9-11-42-12-10-36/h7-8,13,15-17,20H,3-6,9-12,14H2,1-2H3,(H,33,39). The number of pyridine rings is 1. The monoisotopic (exact) mass is 616 g/mol. The summed E-state index contributed by atoms with van der Waals surface area (Å²) in [7, 11) is 3.51. The van der Waals surface area contributed by atoms with Gasteiger partial charge in [-0.15, -0.1) is 11.3 Å². The van der Waals surface area contributed by atoms with Crippen molar-refractivity contribution in [1.29, 1.82) is 0 Å². The summed E-state index contributed by atoms with van der Waals surface area (Å²) in [6.45, 7) is 1.66. The largest absolute Gasteiger partial charge is 0.439 e. The molecule has 0 radical (unpaired) electrons. The average Bonchev–Trinajstić information content (AvgIpc) is 3.77. The topological polar surface area (TPSA) is 117 Å². The fraction of sp³-hybridized carbons (Fsp3) is 0.387. The second-order valence-corrected chi connectivity index (χ2v) is 13.5. The van der Waals surface area contributed by atoms with E-state index in [1.54, 1.807) is 37.3 Å². The molecule has 5 aromatic rings. The highest BCUT2D eigenvalue weighted by molar-refractivity contribution is 7.99. The molecule has 10 nitrogen and oxygen atoms in total. The zero-order valence-corrected chi connectivity index (χ0v) is 25.7. The number of nitrogens with zero attached hydrogens (tertiary/aromatic N) is 5. The van der Waals surface area contributed by atoms with Crippen LogP contribution in [0.4, 0.5) is 5.88 Å². The van der Waals surface area contributed by atoms with E-state index in [4.69, 9.17) is 9.40 Å². The highest BCUT2D eigenvalue weighted by atomic mass is 32.2. The minimum atomic E-state index is -0.248. The number of amides is 1. The highest BCUT2D eigenvalue weighted by Crippen LogP contribution is 2.35. The number of aromatic amines is 1. The van der Waals surface area contributed by atoms with Gasteiger partial charge in [0, 0.05) is 79.7 Å². The Morgan fingerprint density at radius 1 is 1.14 bits per heavy atom. The van der Waals surface area contributed by atoms with Crippen molar-refractivity contribution >= 4 is 56.2 Å². The maximum absolute atomic E-state index is 13.3. The number of anilines is 1. The molecule has 1 saturated carbocycles. The van der Waals surface area contributed by atoms with Crippen molar-refractivity contribution in [3.8, 4) is 11.3 Å². The normalized spacial score (nSPS) is 16.0. The molecule has 43 heavy (non-hydrogen) atoms. The van der Waals surface area contributed by atoms with Crippen LogP contribution in [0.25, 0.3) is 32.6 Å². The molecule has 1 aliphatic carbocycles. The maximum atomic E-state index is 13.3. The second kappa shape index (κ2) is 11.3. The summed E-state index contributed by atoms with van der Waals surface area (Å²) in [5.74, 6) is 3.01. The van der Waals surface area contributed by atoms with E-state index in [2.05, 4.69) is 19.4 Å². The lowest BCUT2D eigenvalue weighted by Gasteiger charge is -2.26. The molecule has 2 fully saturated rings. The van der Waals surface area contributed by atoms with Crippen LogP contribution < -0.4 is 15.9 Å². The van der Waals surface area contributed by atoms with Crippen molar-refractivity contribution in [2.24, 2.45) is 0 Å². The number of thiophene rings is 1. The Balaban J connectivity index is 1.21. The minimum Gasteiger partial charge on any atom is -0.439 e. The molecule has 2 aliphatic rings. The van der Waals surface area contributed by atoms with Crippen LogP contribution in [0, 0.1) is 0 Å². The fourth-order valence-electron chi connectivity index (χ4n) is 6.08. The first-order chi connectivity index (χ1) is 20.9. The van der Waals surface area contributed by atoms with Crippen molar-refractivity contribution in [3.63, 3.8) is 0 Å². The zero-order valence-electron chi connectivity index (χ0n) is 24.1. The molecule has 1 amide bonds. The number of fused-ring (bicyclic) bond motifs is 2. The summed E-state index contributed by atoms with van der Waals surface area (Å²) in [4.78, 5) is 55.3. The quantitative estimate of drug-likeness (QED) is 0.286. The molecular formula is C31H32N6O4S2. The van der Waals surface area contributed by atoms with Crippen molar-refractivity contribution in [2.75, 3.05) is 43.6 Å². The lowest BCUT2D eigenvalue weighted by atomic mass is 10.1. The fourth-order valence-corrected chi connectivity index (χ4v) is 7.89. The minimum absolute atomic E-state index is 0.0580. The summed E-state index contributed by atoms with van der Waals surface area (Å²) in [6, 6.07) is 7.29. The van der Waals surface area contributed by atoms with Gasteiger partial charge in [0.2, 0.25) is 5.43 Å². The summed E-state index contributed by atoms with van der Waals surface area (Å²) in [6.07, 6.45) is 6.26. The van der Waals surface area contributed by atoms with E-state index in [1.165, 1.54) is 11.3 Å². The number of thioether (sulfide) groups is 1. The SMILES string of the molecule is CN(C)C(=O)c1cc2cnc(Cc3ccc(-c4csc5c(=O)cc(N6CCSCC6)oc45)[nH]c3=O)nc2n1C1CCCC1. The maximum Gasteiger partial charge on any atom is 0.270 e. The van der Waals surface area contributed by atoms with E-state index < -0.39 is 0 Å². The van der Waals surface area contributed by atoms with E-state index in [0.717, 1.165) is 61.3 Å². The van der Waals surface area contributed by atoms with E-state index in [9.17, 15) is 14.4 Å². The summed E-state index contributed by atoms with van der Waals surface area (Å²) >= 11 is 3.21. The van der Waals surface area contributed by atoms with Gasteiger partial charge in [0.1, 0.15) is 21.9 Å². The van der Waals surface area contributed by atoms with Crippen molar-refractivity contribution in [1.82, 2.24) is 24.4 Å². The zero-order chi connectivity index (χ0) is 29.7. The number of aromatic nitrogens is 4. The lowest BCUT2D eigenvalue weighted by molar-refractivity contribution is 0.0815. The van der Waals surface area contributed by atoms with Crippen LogP contribution in [0.5, 0.6) is 0 Å². The Hall–Kier alpha value is -3.90. The van der Waals surface area contributed by atoms with Gasteiger partial charge in [-0.05, 0) is 25.0 Å². The number of carbonyl (C=O) groups excluding carboxylic acids is 1. The highest BCUT2D eigenvalue weighted by Gasteiger charge is 2.27. The van der Waals surface area contributed by atoms with Gasteiger partial charge < -0.3 is 23.8 Å². The van der Waals surface area contributed by atoms with Crippen molar-refractivity contribution in [3.05, 3.63) is 73.5 Å². The van der Waals surface area contributed by atoms with Crippen LogP contribution in [0.2, 0.25) is 0 Å². The van der Waals surface area contributed by atoms with E-state index in [0.29, 0.717) is 44.5 Å². The molecule has 5 aromatic heterocycles. The van der Waals surface area contributed by atoms with Crippen LogP contribution in [0.1, 0.15) is 53.6 Å². The van der Waals surface area contributed by atoms with Crippen LogP contribution >= 0.6 is 23.1 Å². The number of nitrogens with one attached hydrogen (secondary N) is 1. The van der Waals surface area contributed by atoms with Gasteiger partial charge in [-0.25, -0.2) is 9.97 Å². The van der Waals surface area contributed by atoms with E-state index >= 15 is 0 Å². The summed E-state index contributed by atoms with van der Waals surface area (Å²) < 4.78 is 8.87. The third-order valence-electron chi connectivity index (χ3n) is 8.32. The predicted octanol–water partition coefficient (Wildman–Crippen LogP) is 4.92. The summed E-state index contributed by atoms with van der Waals surface area (Å²) in [5.41, 5.74) is 3.34. The molecule has 0 spiro atoms. The van der Waals surface area contributed by atoms with Gasteiger partial charge in [0.15, 0.2) is 11.5 Å². The van der Waals surface area contributed by atoms with Crippen LogP contribution in [0.3, 0.4) is 0 Å². The molecule has 12 heteroatoms. The van der Waals surface area contributed by atoms with Gasteiger partial charge in [0.25, 0.3) is 11.5 Å². The molecule has 0 atom stereocenters. The number of rotatable bonds is 6. The predicted molar refractivity (Wildman–Crippen MR) is 172 cm³/mol. The van der Waals surface area contributed by atoms with Crippen LogP contribution in [-0.4, -0.2) is 69.0 Å². The summed E-state index contributed by atoms with van der Waals surface area (Å²) in [5, 5.41) is 2.68. The van der Waals surface area contributed by atoms with Crippen molar-refractivity contribution < 1.29 is 9.21 Å². The molecule has 1 N–H and O–H groups in total.